The number of nitrogens with zero attached hydrogens (tertiary/aromatic N) is 1. The molecule has 1 aromatic carbocycles. The molecule has 2 rings (SSSR count). The van der Waals surface area contributed by atoms with Crippen molar-refractivity contribution in [1.29, 1.82) is 0 Å². The van der Waals surface area contributed by atoms with Crippen LogP contribution in [0.3, 0.4) is 0 Å². The molecular formula is C16H20N2O4S. The number of hydrogen-bond acceptors (Lipinski definition) is 5. The van der Waals surface area contributed by atoms with Gasteiger partial charge in [-0.1, -0.05) is 6.07 Å². The van der Waals surface area contributed by atoms with E-state index in [1.165, 1.54) is 0 Å². The van der Waals surface area contributed by atoms with Crippen molar-refractivity contribution < 1.29 is 17.9 Å². The van der Waals surface area contributed by atoms with Crippen LogP contribution < -0.4 is 14.2 Å². The smallest absolute Gasteiger partial charge is 0.212 e. The highest BCUT2D eigenvalue weighted by Gasteiger charge is 2.13. The monoisotopic (exact) mass is 336 g/mol. The lowest BCUT2D eigenvalue weighted by Gasteiger charge is -2.11. The predicted molar refractivity (Wildman–Crippen MR) is 88.1 cm³/mol. The third-order valence-electron chi connectivity index (χ3n) is 3.32. The summed E-state index contributed by atoms with van der Waals surface area (Å²) in [5, 5.41) is 0. The molecule has 0 radical (unpaired) electrons. The summed E-state index contributed by atoms with van der Waals surface area (Å²) in [6, 6.07) is 10.7. The van der Waals surface area contributed by atoms with E-state index in [0.717, 1.165) is 5.69 Å². The molecule has 1 aromatic heterocycles. The minimum absolute atomic E-state index is 0.0176. The molecule has 0 unspecified atom stereocenters. The highest BCUT2D eigenvalue weighted by molar-refractivity contribution is 7.89. The maximum absolute atomic E-state index is 12.1. The number of methoxy groups -OCH3 is 2. The fourth-order valence-electron chi connectivity index (χ4n) is 2.06. The lowest BCUT2D eigenvalue weighted by Crippen LogP contribution is -2.27. The maximum atomic E-state index is 12.1. The normalized spacial score (nSPS) is 11.2. The second-order valence-corrected chi connectivity index (χ2v) is 6.82. The number of pyridine rings is 1. The molecule has 0 saturated carbocycles. The van der Waals surface area contributed by atoms with E-state index in [0.29, 0.717) is 23.5 Å². The van der Waals surface area contributed by atoms with E-state index < -0.39 is 10.0 Å². The zero-order chi connectivity index (χ0) is 16.7. The van der Waals surface area contributed by atoms with Crippen molar-refractivity contribution in [1.82, 2.24) is 9.71 Å². The van der Waals surface area contributed by atoms with Gasteiger partial charge in [0.1, 0.15) is 11.5 Å². The first-order valence-electron chi connectivity index (χ1n) is 7.12. The SMILES string of the molecule is COc1ccc(OC)c(CNS(=O)(=O)CCc2ccccn2)c1. The van der Waals surface area contributed by atoms with Gasteiger partial charge in [-0.3, -0.25) is 4.98 Å². The second-order valence-electron chi connectivity index (χ2n) is 4.89. The summed E-state index contributed by atoms with van der Waals surface area (Å²) in [7, 11) is -0.308. The third-order valence-corrected chi connectivity index (χ3v) is 4.65. The number of benzene rings is 1. The average molecular weight is 336 g/mol. The Bertz CT molecular complexity index is 733. The van der Waals surface area contributed by atoms with Gasteiger partial charge in [0.15, 0.2) is 0 Å². The Morgan fingerprint density at radius 2 is 1.96 bits per heavy atom. The molecular weight excluding hydrogens is 316 g/mol. The highest BCUT2D eigenvalue weighted by Crippen LogP contribution is 2.23. The van der Waals surface area contributed by atoms with Crippen LogP contribution in [0.5, 0.6) is 11.5 Å². The molecule has 0 aliphatic rings. The number of hydrogen-bond donors (Lipinski definition) is 1. The van der Waals surface area contributed by atoms with Crippen molar-refractivity contribution in [2.45, 2.75) is 13.0 Å². The van der Waals surface area contributed by atoms with Crippen LogP contribution in [0.2, 0.25) is 0 Å². The lowest BCUT2D eigenvalue weighted by molar-refractivity contribution is 0.398. The second kappa shape index (κ2) is 7.94. The molecule has 0 amide bonds. The molecule has 6 nitrogen and oxygen atoms in total. The minimum atomic E-state index is -3.41. The van der Waals surface area contributed by atoms with Crippen molar-refractivity contribution in [2.75, 3.05) is 20.0 Å². The standard InChI is InChI=1S/C16H20N2O4S/c1-21-15-6-7-16(22-2)13(11-15)12-18-23(19,20)10-8-14-5-3-4-9-17-14/h3-7,9,11,18H,8,10,12H2,1-2H3. The number of sulfonamides is 1. The summed E-state index contributed by atoms with van der Waals surface area (Å²) in [4.78, 5) is 4.12. The Morgan fingerprint density at radius 3 is 2.61 bits per heavy atom. The molecule has 0 saturated heterocycles. The van der Waals surface area contributed by atoms with Gasteiger partial charge in [0, 0.05) is 30.4 Å². The Labute approximate surface area is 136 Å². The molecule has 124 valence electrons. The Morgan fingerprint density at radius 1 is 1.13 bits per heavy atom. The quantitative estimate of drug-likeness (QED) is 0.795. The summed E-state index contributed by atoms with van der Waals surface area (Å²) in [6.45, 7) is 0.144. The molecule has 0 spiro atoms. The van der Waals surface area contributed by atoms with Crippen LogP contribution in [0.1, 0.15) is 11.3 Å². The molecule has 23 heavy (non-hydrogen) atoms. The van der Waals surface area contributed by atoms with Gasteiger partial charge in [-0.25, -0.2) is 13.1 Å². The molecule has 0 atom stereocenters. The highest BCUT2D eigenvalue weighted by atomic mass is 32.2. The Balaban J connectivity index is 1.98. The van der Waals surface area contributed by atoms with Crippen molar-refractivity contribution in [3.63, 3.8) is 0 Å². The number of aryl methyl sites for hydroxylation is 1. The summed E-state index contributed by atoms with van der Waals surface area (Å²) >= 11 is 0. The summed E-state index contributed by atoms with van der Waals surface area (Å²) in [5.41, 5.74) is 1.46. The topological polar surface area (TPSA) is 77.5 Å². The van der Waals surface area contributed by atoms with E-state index >= 15 is 0 Å². The van der Waals surface area contributed by atoms with Crippen LogP contribution in [0.25, 0.3) is 0 Å². The molecule has 0 fully saturated rings. The molecule has 0 aliphatic heterocycles. The average Bonchev–Trinajstić information content (AvgIpc) is 2.59. The van der Waals surface area contributed by atoms with E-state index in [9.17, 15) is 8.42 Å². The van der Waals surface area contributed by atoms with E-state index in [2.05, 4.69) is 9.71 Å². The maximum Gasteiger partial charge on any atom is 0.212 e. The summed E-state index contributed by atoms with van der Waals surface area (Å²) in [6.07, 6.45) is 2.02. The summed E-state index contributed by atoms with van der Waals surface area (Å²) < 4.78 is 37.2. The molecule has 0 bridgehead atoms. The first kappa shape index (κ1) is 17.2. The van der Waals surface area contributed by atoms with Crippen LogP contribution in [0.4, 0.5) is 0 Å². The van der Waals surface area contributed by atoms with Crippen LogP contribution in [-0.4, -0.2) is 33.4 Å². The number of aromatic nitrogens is 1. The first-order valence-corrected chi connectivity index (χ1v) is 8.77. The zero-order valence-electron chi connectivity index (χ0n) is 13.2. The predicted octanol–water partition coefficient (Wildman–Crippen LogP) is 1.76. The van der Waals surface area contributed by atoms with Crippen LogP contribution in [0, 0.1) is 0 Å². The van der Waals surface area contributed by atoms with Gasteiger partial charge in [-0.15, -0.1) is 0 Å². The minimum Gasteiger partial charge on any atom is -0.497 e. The van der Waals surface area contributed by atoms with E-state index in [-0.39, 0.29) is 12.3 Å². The Hall–Kier alpha value is -2.12. The van der Waals surface area contributed by atoms with E-state index in [1.54, 1.807) is 50.7 Å². The number of rotatable bonds is 8. The molecule has 1 heterocycles. The van der Waals surface area contributed by atoms with Gasteiger partial charge in [-0.2, -0.15) is 0 Å². The third kappa shape index (κ3) is 5.22. The molecule has 1 N–H and O–H groups in total. The van der Waals surface area contributed by atoms with Crippen LogP contribution in [-0.2, 0) is 23.0 Å². The van der Waals surface area contributed by atoms with Gasteiger partial charge in [-0.05, 0) is 30.3 Å². The zero-order valence-corrected chi connectivity index (χ0v) is 14.0. The lowest BCUT2D eigenvalue weighted by atomic mass is 10.2. The largest absolute Gasteiger partial charge is 0.497 e. The van der Waals surface area contributed by atoms with Crippen molar-refractivity contribution in [2.24, 2.45) is 0 Å². The summed E-state index contributed by atoms with van der Waals surface area (Å²) in [5.74, 6) is 1.24. The molecule has 0 aliphatic carbocycles. The van der Waals surface area contributed by atoms with Gasteiger partial charge in [0.25, 0.3) is 0 Å². The first-order chi connectivity index (χ1) is 11.0. The fraction of sp³-hybridized carbons (Fsp3) is 0.312. The Kier molecular flexibility index (Phi) is 5.95. The van der Waals surface area contributed by atoms with Crippen molar-refractivity contribution in [3.8, 4) is 11.5 Å². The molecule has 2 aromatic rings. The van der Waals surface area contributed by atoms with Gasteiger partial charge in [0.2, 0.25) is 10.0 Å². The fourth-order valence-corrected chi connectivity index (χ4v) is 3.06. The van der Waals surface area contributed by atoms with Gasteiger partial charge < -0.3 is 9.47 Å². The van der Waals surface area contributed by atoms with Crippen LogP contribution >= 0.6 is 0 Å². The van der Waals surface area contributed by atoms with Crippen molar-refractivity contribution >= 4 is 10.0 Å². The van der Waals surface area contributed by atoms with Crippen LogP contribution in [0.15, 0.2) is 42.6 Å². The van der Waals surface area contributed by atoms with E-state index in [1.807, 2.05) is 6.07 Å². The van der Waals surface area contributed by atoms with E-state index in [4.69, 9.17) is 9.47 Å². The van der Waals surface area contributed by atoms with Gasteiger partial charge >= 0.3 is 0 Å². The number of ether oxygens (including phenoxy) is 2. The van der Waals surface area contributed by atoms with Gasteiger partial charge in [0.05, 0.1) is 20.0 Å². The van der Waals surface area contributed by atoms with Crippen molar-refractivity contribution in [3.05, 3.63) is 53.9 Å². The molecule has 7 heteroatoms. The number of nitrogens with one attached hydrogen (secondary N) is 1.